The van der Waals surface area contributed by atoms with Gasteiger partial charge in [-0.15, -0.1) is 0 Å². The largest absolute Gasteiger partial charge is 0.366 e. The molecule has 1 saturated heterocycles. The molecule has 1 aromatic heterocycles. The van der Waals surface area contributed by atoms with E-state index in [4.69, 9.17) is 5.73 Å². The topological polar surface area (TPSA) is 79.5 Å². The molecule has 2 amide bonds. The molecule has 0 bridgehead atoms. The highest BCUT2D eigenvalue weighted by Crippen LogP contribution is 2.22. The lowest BCUT2D eigenvalue weighted by Gasteiger charge is -2.31. The number of aromatic nitrogens is 1. The van der Waals surface area contributed by atoms with Gasteiger partial charge in [0.25, 0.3) is 0 Å². The third-order valence-electron chi connectivity index (χ3n) is 5.09. The van der Waals surface area contributed by atoms with Crippen molar-refractivity contribution in [1.82, 2.24) is 14.8 Å². The second-order valence-corrected chi connectivity index (χ2v) is 7.02. The number of nitrogens with two attached hydrogens (primary N) is 1. The zero-order chi connectivity index (χ0) is 19.2. The summed E-state index contributed by atoms with van der Waals surface area (Å²) in [5.41, 5.74) is 7.43. The maximum absolute atomic E-state index is 12.9. The van der Waals surface area contributed by atoms with Gasteiger partial charge in [-0.1, -0.05) is 18.2 Å². The van der Waals surface area contributed by atoms with E-state index in [1.807, 2.05) is 31.3 Å². The number of rotatable bonds is 7. The molecule has 1 aliphatic rings. The van der Waals surface area contributed by atoms with Crippen LogP contribution in [0.25, 0.3) is 0 Å². The molecule has 1 fully saturated rings. The van der Waals surface area contributed by atoms with Crippen molar-refractivity contribution in [3.8, 4) is 0 Å². The van der Waals surface area contributed by atoms with E-state index in [2.05, 4.69) is 9.88 Å². The summed E-state index contributed by atoms with van der Waals surface area (Å²) in [7, 11) is 1.83. The van der Waals surface area contributed by atoms with Gasteiger partial charge < -0.3 is 15.5 Å². The highest BCUT2D eigenvalue weighted by molar-refractivity contribution is 5.93. The van der Waals surface area contributed by atoms with Gasteiger partial charge in [0.2, 0.25) is 11.8 Å². The summed E-state index contributed by atoms with van der Waals surface area (Å²) >= 11 is 0. The number of primary amides is 1. The van der Waals surface area contributed by atoms with Gasteiger partial charge in [0, 0.05) is 25.4 Å². The van der Waals surface area contributed by atoms with Crippen LogP contribution >= 0.6 is 0 Å². The van der Waals surface area contributed by atoms with Crippen molar-refractivity contribution in [1.29, 1.82) is 0 Å². The Morgan fingerprint density at radius 3 is 2.63 bits per heavy atom. The molecule has 27 heavy (non-hydrogen) atoms. The Labute approximate surface area is 160 Å². The molecule has 6 heteroatoms. The van der Waals surface area contributed by atoms with Gasteiger partial charge in [-0.2, -0.15) is 0 Å². The van der Waals surface area contributed by atoms with E-state index in [9.17, 15) is 9.59 Å². The van der Waals surface area contributed by atoms with Crippen molar-refractivity contribution in [2.45, 2.75) is 25.3 Å². The summed E-state index contributed by atoms with van der Waals surface area (Å²) in [4.78, 5) is 33.0. The predicted octanol–water partition coefficient (Wildman–Crippen LogP) is 2.02. The molecular formula is C21H26N4O2. The van der Waals surface area contributed by atoms with Gasteiger partial charge in [0.05, 0.1) is 18.2 Å². The summed E-state index contributed by atoms with van der Waals surface area (Å²) in [6.07, 6.45) is 4.39. The monoisotopic (exact) mass is 366 g/mol. The van der Waals surface area contributed by atoms with Crippen LogP contribution in [0.3, 0.4) is 0 Å². The van der Waals surface area contributed by atoms with Gasteiger partial charge >= 0.3 is 0 Å². The number of likely N-dealkylation sites (tertiary alicyclic amines) is 1. The second kappa shape index (κ2) is 8.77. The minimum atomic E-state index is -0.488. The minimum Gasteiger partial charge on any atom is -0.366 e. The van der Waals surface area contributed by atoms with Crippen molar-refractivity contribution in [2.75, 3.05) is 26.7 Å². The summed E-state index contributed by atoms with van der Waals surface area (Å²) in [5.74, 6) is -0.496. The average molecular weight is 366 g/mol. The average Bonchev–Trinajstić information content (AvgIpc) is 3.19. The Kier molecular flexibility index (Phi) is 6.19. The molecule has 0 aliphatic carbocycles. The van der Waals surface area contributed by atoms with Gasteiger partial charge in [-0.05, 0) is 55.8 Å². The molecule has 1 unspecified atom stereocenters. The van der Waals surface area contributed by atoms with Crippen LogP contribution < -0.4 is 5.73 Å². The second-order valence-electron chi connectivity index (χ2n) is 7.02. The predicted molar refractivity (Wildman–Crippen MR) is 104 cm³/mol. The Balaban J connectivity index is 1.76. The Hall–Kier alpha value is -2.73. The molecule has 1 atom stereocenters. The number of amides is 2. The lowest BCUT2D eigenvalue weighted by atomic mass is 10.1. The van der Waals surface area contributed by atoms with Crippen LogP contribution in [0.4, 0.5) is 0 Å². The van der Waals surface area contributed by atoms with Crippen molar-refractivity contribution in [3.63, 3.8) is 0 Å². The van der Waals surface area contributed by atoms with Crippen molar-refractivity contribution < 1.29 is 9.59 Å². The van der Waals surface area contributed by atoms with Gasteiger partial charge in [-0.3, -0.25) is 14.6 Å². The summed E-state index contributed by atoms with van der Waals surface area (Å²) in [6.45, 7) is 2.90. The normalized spacial score (nSPS) is 15.4. The lowest BCUT2D eigenvalue weighted by molar-refractivity contribution is -0.131. The summed E-state index contributed by atoms with van der Waals surface area (Å²) in [6, 6.07) is 12.6. The fourth-order valence-corrected chi connectivity index (χ4v) is 3.50. The van der Waals surface area contributed by atoms with Crippen LogP contribution in [0.2, 0.25) is 0 Å². The number of pyridine rings is 1. The highest BCUT2D eigenvalue weighted by Gasteiger charge is 2.26. The number of benzene rings is 1. The lowest BCUT2D eigenvalue weighted by Crippen LogP contribution is -2.39. The van der Waals surface area contributed by atoms with E-state index in [-0.39, 0.29) is 18.4 Å². The molecule has 3 rings (SSSR count). The number of hydrogen-bond acceptors (Lipinski definition) is 4. The number of nitrogens with zero attached hydrogens (tertiary/aromatic N) is 3. The first-order valence-corrected chi connectivity index (χ1v) is 9.32. The summed E-state index contributed by atoms with van der Waals surface area (Å²) < 4.78 is 0. The molecule has 6 nitrogen and oxygen atoms in total. The molecule has 2 aromatic rings. The van der Waals surface area contributed by atoms with Gasteiger partial charge in [0.1, 0.15) is 0 Å². The first-order valence-electron chi connectivity index (χ1n) is 9.32. The zero-order valence-electron chi connectivity index (χ0n) is 15.7. The van der Waals surface area contributed by atoms with Crippen LogP contribution in [0, 0.1) is 0 Å². The van der Waals surface area contributed by atoms with Crippen molar-refractivity contribution in [3.05, 3.63) is 65.5 Å². The third kappa shape index (κ3) is 4.92. The molecule has 142 valence electrons. The summed E-state index contributed by atoms with van der Waals surface area (Å²) in [5, 5.41) is 0. The Bertz CT molecular complexity index is 788. The fourth-order valence-electron chi connectivity index (χ4n) is 3.50. The van der Waals surface area contributed by atoms with Crippen molar-refractivity contribution >= 4 is 11.8 Å². The SMILES string of the molecule is CN(C(=O)Cc1cccc(C(N)=O)c1)C(CN1CCCC1)c1ccccn1. The third-order valence-corrected chi connectivity index (χ3v) is 5.09. The van der Waals surface area contributed by atoms with E-state index in [0.717, 1.165) is 30.9 Å². The number of carbonyl (C=O) groups is 2. The maximum Gasteiger partial charge on any atom is 0.248 e. The van der Waals surface area contributed by atoms with E-state index in [0.29, 0.717) is 5.56 Å². The first kappa shape index (κ1) is 19.0. The van der Waals surface area contributed by atoms with Crippen LogP contribution in [-0.4, -0.2) is 53.3 Å². The smallest absolute Gasteiger partial charge is 0.248 e. The molecule has 0 radical (unpaired) electrons. The molecular weight excluding hydrogens is 340 g/mol. The van der Waals surface area contributed by atoms with E-state index >= 15 is 0 Å². The number of carbonyl (C=O) groups excluding carboxylic acids is 2. The standard InChI is InChI=1S/C21H26N4O2/c1-24(20(26)14-16-7-6-8-17(13-16)21(22)27)19(15-25-11-4-5-12-25)18-9-2-3-10-23-18/h2-3,6-10,13,19H,4-5,11-12,14-15H2,1H3,(H2,22,27). The Morgan fingerprint density at radius 1 is 1.19 bits per heavy atom. The molecule has 2 N–H and O–H groups in total. The first-order chi connectivity index (χ1) is 13.0. The molecule has 1 aromatic carbocycles. The van der Waals surface area contributed by atoms with E-state index < -0.39 is 5.91 Å². The van der Waals surface area contributed by atoms with E-state index in [1.54, 1.807) is 29.3 Å². The molecule has 0 spiro atoms. The zero-order valence-corrected chi connectivity index (χ0v) is 15.7. The fraction of sp³-hybridized carbons (Fsp3) is 0.381. The Morgan fingerprint density at radius 2 is 1.96 bits per heavy atom. The van der Waals surface area contributed by atoms with Crippen molar-refractivity contribution in [2.24, 2.45) is 5.73 Å². The minimum absolute atomic E-state index is 0.00790. The van der Waals surface area contributed by atoms with Gasteiger partial charge in [-0.25, -0.2) is 0 Å². The number of likely N-dealkylation sites (N-methyl/N-ethyl adjacent to an activating group) is 1. The molecule has 1 aliphatic heterocycles. The van der Waals surface area contributed by atoms with Crippen LogP contribution in [-0.2, 0) is 11.2 Å². The van der Waals surface area contributed by atoms with E-state index in [1.165, 1.54) is 12.8 Å². The maximum atomic E-state index is 12.9. The molecule has 2 heterocycles. The quantitative estimate of drug-likeness (QED) is 0.813. The van der Waals surface area contributed by atoms with Crippen LogP contribution in [0.1, 0.15) is 40.5 Å². The molecule has 0 saturated carbocycles. The number of hydrogen-bond donors (Lipinski definition) is 1. The van der Waals surface area contributed by atoms with Crippen LogP contribution in [0.15, 0.2) is 48.7 Å². The van der Waals surface area contributed by atoms with Gasteiger partial charge in [0.15, 0.2) is 0 Å². The van der Waals surface area contributed by atoms with Crippen LogP contribution in [0.5, 0.6) is 0 Å². The highest BCUT2D eigenvalue weighted by atomic mass is 16.2.